The minimum Gasteiger partial charge on any atom is -0.493 e. The van der Waals surface area contributed by atoms with E-state index in [2.05, 4.69) is 4.98 Å². The summed E-state index contributed by atoms with van der Waals surface area (Å²) in [6, 6.07) is 17.9. The number of pyridine rings is 1. The predicted molar refractivity (Wildman–Crippen MR) is 127 cm³/mol. The van der Waals surface area contributed by atoms with Crippen LogP contribution in [0.2, 0.25) is 0 Å². The third-order valence-electron chi connectivity index (χ3n) is 6.08. The van der Waals surface area contributed by atoms with Gasteiger partial charge in [-0.1, -0.05) is 18.2 Å². The first-order chi connectivity index (χ1) is 16.5. The second kappa shape index (κ2) is 10.8. The van der Waals surface area contributed by atoms with Crippen molar-refractivity contribution in [3.8, 4) is 11.5 Å². The Morgan fingerprint density at radius 2 is 1.68 bits per heavy atom. The van der Waals surface area contributed by atoms with Crippen molar-refractivity contribution in [1.29, 1.82) is 0 Å². The molecule has 1 aliphatic heterocycles. The lowest BCUT2D eigenvalue weighted by Gasteiger charge is -2.31. The number of piperidine rings is 1. The van der Waals surface area contributed by atoms with Gasteiger partial charge in [-0.25, -0.2) is 9.59 Å². The smallest absolute Gasteiger partial charge is 0.415 e. The first kappa shape index (κ1) is 23.3. The first-order valence-electron chi connectivity index (χ1n) is 11.4. The number of hydrogen-bond donors (Lipinski definition) is 1. The third kappa shape index (κ3) is 6.13. The van der Waals surface area contributed by atoms with Crippen molar-refractivity contribution in [2.24, 2.45) is 5.92 Å². The second-order valence-corrected chi connectivity index (χ2v) is 8.53. The average Bonchev–Trinajstić information content (AvgIpc) is 2.86. The van der Waals surface area contributed by atoms with E-state index < -0.39 is 5.97 Å². The Labute approximate surface area is 199 Å². The molecule has 0 unspecified atom stereocenters. The number of rotatable bonds is 7. The Bertz CT molecular complexity index is 1120. The molecule has 0 radical (unpaired) electrons. The third-order valence-corrected chi connectivity index (χ3v) is 6.08. The molecule has 1 amide bonds. The monoisotopic (exact) mass is 460 g/mol. The van der Waals surface area contributed by atoms with E-state index in [9.17, 15) is 9.59 Å². The van der Waals surface area contributed by atoms with Crippen molar-refractivity contribution < 1.29 is 24.2 Å². The van der Waals surface area contributed by atoms with Crippen molar-refractivity contribution in [2.75, 3.05) is 19.7 Å². The largest absolute Gasteiger partial charge is 0.493 e. The van der Waals surface area contributed by atoms with E-state index in [-0.39, 0.29) is 11.7 Å². The van der Waals surface area contributed by atoms with Crippen LogP contribution in [-0.2, 0) is 6.42 Å². The maximum absolute atomic E-state index is 12.6. The standard InChI is InChI=1S/C27H28N2O5/c1-19-3-2-14-28-25(19)17-20-4-8-24(9-5-20)34-27(32)29-15-12-21(13-16-29)18-33-23-10-6-22(7-11-23)26(30)31/h2-11,14,21H,12-13,15-18H2,1H3,(H,30,31). The van der Waals surface area contributed by atoms with Crippen LogP contribution in [0.15, 0.2) is 66.9 Å². The number of nitrogens with zero attached hydrogens (tertiary/aromatic N) is 2. The zero-order chi connectivity index (χ0) is 23.9. The molecule has 0 bridgehead atoms. The van der Waals surface area contributed by atoms with Crippen LogP contribution in [-0.4, -0.2) is 46.7 Å². The van der Waals surface area contributed by atoms with Gasteiger partial charge < -0.3 is 19.5 Å². The van der Waals surface area contributed by atoms with E-state index in [1.165, 1.54) is 12.1 Å². The Kier molecular flexibility index (Phi) is 7.42. The van der Waals surface area contributed by atoms with Gasteiger partial charge in [0, 0.05) is 31.4 Å². The van der Waals surface area contributed by atoms with Crippen molar-refractivity contribution in [1.82, 2.24) is 9.88 Å². The van der Waals surface area contributed by atoms with E-state index in [1.54, 1.807) is 23.2 Å². The summed E-state index contributed by atoms with van der Waals surface area (Å²) in [7, 11) is 0. The number of benzene rings is 2. The number of aryl methyl sites for hydroxylation is 1. The molecule has 1 aromatic heterocycles. The minimum absolute atomic E-state index is 0.233. The zero-order valence-corrected chi connectivity index (χ0v) is 19.1. The van der Waals surface area contributed by atoms with Gasteiger partial charge in [0.05, 0.1) is 12.2 Å². The summed E-state index contributed by atoms with van der Waals surface area (Å²) < 4.78 is 11.4. The Morgan fingerprint density at radius 3 is 2.32 bits per heavy atom. The van der Waals surface area contributed by atoms with E-state index in [0.29, 0.717) is 37.1 Å². The number of carboxylic acid groups (broad SMARTS) is 1. The molecule has 0 atom stereocenters. The summed E-state index contributed by atoms with van der Waals surface area (Å²) in [5.74, 6) is 0.550. The van der Waals surface area contributed by atoms with Gasteiger partial charge in [-0.3, -0.25) is 4.98 Å². The molecule has 0 aliphatic carbocycles. The topological polar surface area (TPSA) is 89.0 Å². The number of carbonyl (C=O) groups is 2. The summed E-state index contributed by atoms with van der Waals surface area (Å²) in [4.78, 5) is 29.7. The van der Waals surface area contributed by atoms with Gasteiger partial charge in [0.2, 0.25) is 0 Å². The van der Waals surface area contributed by atoms with E-state index in [0.717, 1.165) is 36.1 Å². The molecular formula is C27H28N2O5. The maximum atomic E-state index is 12.6. The molecule has 1 aliphatic rings. The number of aromatic nitrogens is 1. The molecule has 1 saturated heterocycles. The van der Waals surface area contributed by atoms with Crippen LogP contribution in [0.4, 0.5) is 4.79 Å². The number of carbonyl (C=O) groups excluding carboxylic acids is 1. The normalized spacial score (nSPS) is 14.0. The molecule has 7 nitrogen and oxygen atoms in total. The van der Waals surface area contributed by atoms with Crippen LogP contribution >= 0.6 is 0 Å². The maximum Gasteiger partial charge on any atom is 0.415 e. The lowest BCUT2D eigenvalue weighted by Crippen LogP contribution is -2.41. The molecule has 4 rings (SSSR count). The summed E-state index contributed by atoms with van der Waals surface area (Å²) in [6.45, 7) is 3.81. The molecule has 0 saturated carbocycles. The molecule has 1 N–H and O–H groups in total. The predicted octanol–water partition coefficient (Wildman–Crippen LogP) is 4.97. The highest BCUT2D eigenvalue weighted by atomic mass is 16.6. The number of aromatic carboxylic acids is 1. The van der Waals surface area contributed by atoms with Gasteiger partial charge in [-0.2, -0.15) is 0 Å². The molecule has 34 heavy (non-hydrogen) atoms. The second-order valence-electron chi connectivity index (χ2n) is 8.53. The molecule has 176 valence electrons. The molecular weight excluding hydrogens is 432 g/mol. The van der Waals surface area contributed by atoms with Gasteiger partial charge >= 0.3 is 12.1 Å². The van der Waals surface area contributed by atoms with Gasteiger partial charge in [0.1, 0.15) is 11.5 Å². The van der Waals surface area contributed by atoms with Crippen molar-refractivity contribution >= 4 is 12.1 Å². The van der Waals surface area contributed by atoms with Crippen molar-refractivity contribution in [3.05, 3.63) is 89.2 Å². The van der Waals surface area contributed by atoms with Crippen molar-refractivity contribution in [3.63, 3.8) is 0 Å². The molecule has 1 fully saturated rings. The highest BCUT2D eigenvalue weighted by molar-refractivity contribution is 5.87. The molecule has 3 aromatic rings. The van der Waals surface area contributed by atoms with Gasteiger partial charge in [-0.15, -0.1) is 0 Å². The molecule has 0 spiro atoms. The SMILES string of the molecule is Cc1cccnc1Cc1ccc(OC(=O)N2CCC(COc3ccc(C(=O)O)cc3)CC2)cc1. The van der Waals surface area contributed by atoms with E-state index in [4.69, 9.17) is 14.6 Å². The Balaban J connectivity index is 1.21. The summed E-state index contributed by atoms with van der Waals surface area (Å²) >= 11 is 0. The number of carboxylic acids is 1. The summed E-state index contributed by atoms with van der Waals surface area (Å²) in [6.07, 6.45) is 3.85. The fourth-order valence-corrected chi connectivity index (χ4v) is 3.93. The summed E-state index contributed by atoms with van der Waals surface area (Å²) in [5.41, 5.74) is 3.54. The molecule has 7 heteroatoms. The average molecular weight is 461 g/mol. The van der Waals surface area contributed by atoms with E-state index in [1.807, 2.05) is 43.3 Å². The van der Waals surface area contributed by atoms with Gasteiger partial charge in [-0.05, 0) is 79.3 Å². The van der Waals surface area contributed by atoms with E-state index >= 15 is 0 Å². The van der Waals surface area contributed by atoms with Crippen molar-refractivity contribution in [2.45, 2.75) is 26.2 Å². The Morgan fingerprint density at radius 1 is 1.00 bits per heavy atom. The minimum atomic E-state index is -0.957. The number of ether oxygens (including phenoxy) is 2. The van der Waals surface area contributed by atoms with Crippen LogP contribution in [0.25, 0.3) is 0 Å². The van der Waals surface area contributed by atoms with Crippen LogP contribution in [0.5, 0.6) is 11.5 Å². The highest BCUT2D eigenvalue weighted by Gasteiger charge is 2.24. The Hall–Kier alpha value is -3.87. The molecule has 2 heterocycles. The van der Waals surface area contributed by atoms with Crippen LogP contribution < -0.4 is 9.47 Å². The quantitative estimate of drug-likeness (QED) is 0.536. The lowest BCUT2D eigenvalue weighted by atomic mass is 9.98. The summed E-state index contributed by atoms with van der Waals surface area (Å²) in [5, 5.41) is 8.96. The number of likely N-dealkylation sites (tertiary alicyclic amines) is 1. The van der Waals surface area contributed by atoms with Crippen LogP contribution in [0.3, 0.4) is 0 Å². The van der Waals surface area contributed by atoms with Crippen LogP contribution in [0.1, 0.15) is 40.0 Å². The van der Waals surface area contributed by atoms with Gasteiger partial charge in [0.25, 0.3) is 0 Å². The van der Waals surface area contributed by atoms with Crippen LogP contribution in [0, 0.1) is 12.8 Å². The number of amides is 1. The fraction of sp³-hybridized carbons (Fsp3) is 0.296. The zero-order valence-electron chi connectivity index (χ0n) is 19.1. The number of hydrogen-bond acceptors (Lipinski definition) is 5. The first-order valence-corrected chi connectivity index (χ1v) is 11.4. The fourth-order valence-electron chi connectivity index (χ4n) is 3.93. The van der Waals surface area contributed by atoms with Gasteiger partial charge in [0.15, 0.2) is 0 Å². The lowest BCUT2D eigenvalue weighted by molar-refractivity contribution is 0.0696. The highest BCUT2D eigenvalue weighted by Crippen LogP contribution is 2.22. The molecule has 2 aromatic carbocycles.